The van der Waals surface area contributed by atoms with E-state index in [1.165, 1.54) is 12.8 Å². The standard InChI is InChI=1S/C18H23N5/c1-14-9-10-15(17(21-14)23-11-5-6-12-23)13-20-18(19)22-16-7-3-2-4-8-16/h2-4,7-10H,5-6,11-13H2,1H3,(H3,19,20,22). The normalized spacial score (nSPS) is 15.0. The second-order valence-electron chi connectivity index (χ2n) is 5.82. The molecule has 1 aliphatic heterocycles. The van der Waals surface area contributed by atoms with Gasteiger partial charge in [0.1, 0.15) is 5.82 Å². The van der Waals surface area contributed by atoms with Crippen LogP contribution in [0.5, 0.6) is 0 Å². The smallest absolute Gasteiger partial charge is 0.193 e. The van der Waals surface area contributed by atoms with E-state index >= 15 is 0 Å². The van der Waals surface area contributed by atoms with Gasteiger partial charge in [-0.15, -0.1) is 0 Å². The summed E-state index contributed by atoms with van der Waals surface area (Å²) in [7, 11) is 0. The average Bonchev–Trinajstić information content (AvgIpc) is 3.09. The van der Waals surface area contributed by atoms with Crippen LogP contribution in [0.25, 0.3) is 0 Å². The SMILES string of the molecule is Cc1ccc(CN=C(N)Nc2ccccc2)c(N2CCCC2)n1. The maximum Gasteiger partial charge on any atom is 0.193 e. The summed E-state index contributed by atoms with van der Waals surface area (Å²) >= 11 is 0. The number of benzene rings is 1. The Balaban J connectivity index is 1.73. The lowest BCUT2D eigenvalue weighted by molar-refractivity contribution is 0.898. The van der Waals surface area contributed by atoms with Crippen molar-refractivity contribution in [2.24, 2.45) is 10.7 Å². The molecule has 0 radical (unpaired) electrons. The van der Waals surface area contributed by atoms with E-state index in [-0.39, 0.29) is 0 Å². The van der Waals surface area contributed by atoms with Gasteiger partial charge in [0.25, 0.3) is 0 Å². The minimum absolute atomic E-state index is 0.421. The summed E-state index contributed by atoms with van der Waals surface area (Å²) in [5.41, 5.74) is 9.09. The van der Waals surface area contributed by atoms with Crippen LogP contribution in [0.2, 0.25) is 0 Å². The number of nitrogens with zero attached hydrogens (tertiary/aromatic N) is 3. The summed E-state index contributed by atoms with van der Waals surface area (Å²) in [6.45, 7) is 4.71. The molecule has 1 fully saturated rings. The van der Waals surface area contributed by atoms with E-state index in [0.29, 0.717) is 12.5 Å². The number of aliphatic imine (C=N–C) groups is 1. The Hall–Kier alpha value is -2.56. The van der Waals surface area contributed by atoms with Crippen molar-refractivity contribution in [3.05, 3.63) is 53.7 Å². The Labute approximate surface area is 137 Å². The molecule has 1 saturated heterocycles. The highest BCUT2D eigenvalue weighted by molar-refractivity contribution is 5.92. The molecule has 0 unspecified atom stereocenters. The Morgan fingerprint density at radius 3 is 2.65 bits per heavy atom. The van der Waals surface area contributed by atoms with E-state index in [4.69, 9.17) is 10.7 Å². The third kappa shape index (κ3) is 4.00. The zero-order valence-corrected chi connectivity index (χ0v) is 13.5. The molecule has 2 heterocycles. The molecule has 0 saturated carbocycles. The summed E-state index contributed by atoms with van der Waals surface area (Å²) in [6.07, 6.45) is 2.46. The molecule has 1 aromatic carbocycles. The Morgan fingerprint density at radius 1 is 1.17 bits per heavy atom. The minimum atomic E-state index is 0.421. The molecular weight excluding hydrogens is 286 g/mol. The van der Waals surface area contributed by atoms with E-state index in [1.54, 1.807) is 0 Å². The topological polar surface area (TPSA) is 66.5 Å². The van der Waals surface area contributed by atoms with Crippen molar-refractivity contribution in [3.8, 4) is 0 Å². The van der Waals surface area contributed by atoms with Gasteiger partial charge in [-0.3, -0.25) is 0 Å². The average molecular weight is 309 g/mol. The first-order valence-corrected chi connectivity index (χ1v) is 8.06. The molecule has 0 atom stereocenters. The molecule has 5 heteroatoms. The van der Waals surface area contributed by atoms with Crippen LogP contribution in [-0.4, -0.2) is 24.0 Å². The molecule has 120 valence electrons. The quantitative estimate of drug-likeness (QED) is 0.673. The van der Waals surface area contributed by atoms with Crippen molar-refractivity contribution in [2.75, 3.05) is 23.3 Å². The summed E-state index contributed by atoms with van der Waals surface area (Å²) in [4.78, 5) is 11.5. The van der Waals surface area contributed by atoms with Gasteiger partial charge in [0, 0.05) is 30.0 Å². The molecular formula is C18H23N5. The van der Waals surface area contributed by atoms with Crippen molar-refractivity contribution in [1.29, 1.82) is 0 Å². The molecule has 5 nitrogen and oxygen atoms in total. The van der Waals surface area contributed by atoms with Crippen molar-refractivity contribution >= 4 is 17.5 Å². The number of hydrogen-bond acceptors (Lipinski definition) is 3. The highest BCUT2D eigenvalue weighted by Gasteiger charge is 2.17. The summed E-state index contributed by atoms with van der Waals surface area (Å²) in [5.74, 6) is 1.47. The Kier molecular flexibility index (Phi) is 4.76. The number of nitrogens with one attached hydrogen (secondary N) is 1. The first kappa shape index (κ1) is 15.3. The van der Waals surface area contributed by atoms with E-state index in [2.05, 4.69) is 21.3 Å². The van der Waals surface area contributed by atoms with Gasteiger partial charge in [-0.2, -0.15) is 0 Å². The lowest BCUT2D eigenvalue weighted by Gasteiger charge is -2.20. The maximum atomic E-state index is 5.99. The molecule has 3 rings (SSSR count). The Bertz CT molecular complexity index is 675. The summed E-state index contributed by atoms with van der Waals surface area (Å²) < 4.78 is 0. The van der Waals surface area contributed by atoms with Crippen LogP contribution in [0.1, 0.15) is 24.1 Å². The van der Waals surface area contributed by atoms with E-state index in [1.807, 2.05) is 43.3 Å². The number of anilines is 2. The number of hydrogen-bond donors (Lipinski definition) is 2. The highest BCUT2D eigenvalue weighted by atomic mass is 15.2. The minimum Gasteiger partial charge on any atom is -0.370 e. The lowest BCUT2D eigenvalue weighted by Crippen LogP contribution is -2.23. The van der Waals surface area contributed by atoms with Crippen LogP contribution < -0.4 is 16.0 Å². The van der Waals surface area contributed by atoms with Crippen molar-refractivity contribution in [2.45, 2.75) is 26.3 Å². The number of para-hydroxylation sites is 1. The van der Waals surface area contributed by atoms with E-state index in [9.17, 15) is 0 Å². The fourth-order valence-electron chi connectivity index (χ4n) is 2.78. The van der Waals surface area contributed by atoms with Gasteiger partial charge in [-0.1, -0.05) is 24.3 Å². The summed E-state index contributed by atoms with van der Waals surface area (Å²) in [5, 5.41) is 3.11. The maximum absolute atomic E-state index is 5.99. The summed E-state index contributed by atoms with van der Waals surface area (Å²) in [6, 6.07) is 14.0. The first-order chi connectivity index (χ1) is 11.2. The first-order valence-electron chi connectivity index (χ1n) is 8.06. The molecule has 0 amide bonds. The number of guanidine groups is 1. The van der Waals surface area contributed by atoms with Gasteiger partial charge in [0.15, 0.2) is 5.96 Å². The molecule has 2 aromatic rings. The van der Waals surface area contributed by atoms with Crippen molar-refractivity contribution < 1.29 is 0 Å². The van der Waals surface area contributed by atoms with Crippen LogP contribution in [0, 0.1) is 6.92 Å². The molecule has 1 aromatic heterocycles. The molecule has 23 heavy (non-hydrogen) atoms. The molecule has 0 bridgehead atoms. The third-order valence-corrected chi connectivity index (χ3v) is 3.97. The number of aromatic nitrogens is 1. The van der Waals surface area contributed by atoms with Crippen molar-refractivity contribution in [1.82, 2.24) is 4.98 Å². The van der Waals surface area contributed by atoms with E-state index < -0.39 is 0 Å². The molecule has 1 aliphatic rings. The number of pyridine rings is 1. The number of nitrogens with two attached hydrogens (primary N) is 1. The second kappa shape index (κ2) is 7.13. The van der Waals surface area contributed by atoms with Crippen LogP contribution in [0.4, 0.5) is 11.5 Å². The fraction of sp³-hybridized carbons (Fsp3) is 0.333. The second-order valence-corrected chi connectivity index (χ2v) is 5.82. The Morgan fingerprint density at radius 2 is 1.91 bits per heavy atom. The fourth-order valence-corrected chi connectivity index (χ4v) is 2.78. The monoisotopic (exact) mass is 309 g/mol. The van der Waals surface area contributed by atoms with Gasteiger partial charge in [0.2, 0.25) is 0 Å². The van der Waals surface area contributed by atoms with E-state index in [0.717, 1.165) is 35.9 Å². The van der Waals surface area contributed by atoms with Crippen LogP contribution in [-0.2, 0) is 6.54 Å². The van der Waals surface area contributed by atoms with Gasteiger partial charge in [-0.05, 0) is 38.0 Å². The zero-order chi connectivity index (χ0) is 16.1. The largest absolute Gasteiger partial charge is 0.370 e. The lowest BCUT2D eigenvalue weighted by atomic mass is 10.2. The molecule has 3 N–H and O–H groups in total. The number of rotatable bonds is 4. The van der Waals surface area contributed by atoms with Crippen LogP contribution in [0.3, 0.4) is 0 Å². The zero-order valence-electron chi connectivity index (χ0n) is 13.5. The van der Waals surface area contributed by atoms with Crippen LogP contribution in [0.15, 0.2) is 47.5 Å². The van der Waals surface area contributed by atoms with Gasteiger partial charge in [0.05, 0.1) is 6.54 Å². The predicted octanol–water partition coefficient (Wildman–Crippen LogP) is 2.92. The molecule has 0 spiro atoms. The van der Waals surface area contributed by atoms with Crippen LogP contribution >= 0.6 is 0 Å². The predicted molar refractivity (Wildman–Crippen MR) is 95.8 cm³/mol. The van der Waals surface area contributed by atoms with Crippen molar-refractivity contribution in [3.63, 3.8) is 0 Å². The number of aryl methyl sites for hydroxylation is 1. The van der Waals surface area contributed by atoms with Gasteiger partial charge in [-0.25, -0.2) is 9.98 Å². The highest BCUT2D eigenvalue weighted by Crippen LogP contribution is 2.23. The van der Waals surface area contributed by atoms with Gasteiger partial charge >= 0.3 is 0 Å². The van der Waals surface area contributed by atoms with Gasteiger partial charge < -0.3 is 16.0 Å². The third-order valence-electron chi connectivity index (χ3n) is 3.97. The molecule has 0 aliphatic carbocycles.